The van der Waals surface area contributed by atoms with Crippen LogP contribution in [0.25, 0.3) is 0 Å². The minimum absolute atomic E-state index is 0.507. The Hall–Kier alpha value is -1.30. The summed E-state index contributed by atoms with van der Waals surface area (Å²) in [5, 5.41) is 10.2. The van der Waals surface area contributed by atoms with Crippen molar-refractivity contribution in [3.63, 3.8) is 0 Å². The van der Waals surface area contributed by atoms with Crippen molar-refractivity contribution in [2.45, 2.75) is 24.8 Å². The van der Waals surface area contributed by atoms with E-state index in [0.29, 0.717) is 6.54 Å². The summed E-state index contributed by atoms with van der Waals surface area (Å²) in [5.41, 5.74) is -0.678. The number of carbonyl (C=O) groups is 1. The lowest BCUT2D eigenvalue weighted by molar-refractivity contribution is -0.148. The van der Waals surface area contributed by atoms with Crippen LogP contribution in [0.15, 0.2) is 17.4 Å². The van der Waals surface area contributed by atoms with Crippen LogP contribution in [0, 0.1) is 5.41 Å². The number of carboxylic acids is 1. The molecule has 2 heterocycles. The van der Waals surface area contributed by atoms with Gasteiger partial charge in [-0.1, -0.05) is 0 Å². The molecule has 0 saturated carbocycles. The van der Waals surface area contributed by atoms with Crippen LogP contribution < -0.4 is 4.90 Å². The average molecular weight is 267 g/mol. The van der Waals surface area contributed by atoms with Crippen molar-refractivity contribution in [3.05, 3.63) is 12.4 Å². The van der Waals surface area contributed by atoms with E-state index < -0.39 is 11.4 Å². The predicted molar refractivity (Wildman–Crippen MR) is 71.0 cm³/mol. The first kappa shape index (κ1) is 13.1. The first-order chi connectivity index (χ1) is 8.55. The van der Waals surface area contributed by atoms with Gasteiger partial charge in [0.05, 0.1) is 5.41 Å². The van der Waals surface area contributed by atoms with Crippen molar-refractivity contribution in [2.24, 2.45) is 5.41 Å². The maximum Gasteiger partial charge on any atom is 0.311 e. The van der Waals surface area contributed by atoms with Gasteiger partial charge < -0.3 is 10.0 Å². The van der Waals surface area contributed by atoms with Crippen molar-refractivity contribution < 1.29 is 9.90 Å². The number of piperidine rings is 1. The fourth-order valence-corrected chi connectivity index (χ4v) is 2.60. The number of carboxylic acid groups (broad SMARTS) is 1. The van der Waals surface area contributed by atoms with Gasteiger partial charge >= 0.3 is 5.97 Å². The molecule has 98 valence electrons. The third-order valence-corrected chi connectivity index (χ3v) is 4.01. The normalized spacial score (nSPS) is 24.0. The molecule has 1 unspecified atom stereocenters. The van der Waals surface area contributed by atoms with Crippen LogP contribution in [0.5, 0.6) is 0 Å². The maximum absolute atomic E-state index is 11.3. The second-order valence-corrected chi connectivity index (χ2v) is 5.64. The van der Waals surface area contributed by atoms with E-state index in [0.717, 1.165) is 30.2 Å². The monoisotopic (exact) mass is 267 g/mol. The topological polar surface area (TPSA) is 66.3 Å². The Morgan fingerprint density at radius 2 is 2.33 bits per heavy atom. The molecule has 1 aromatic rings. The second-order valence-electron chi connectivity index (χ2n) is 4.81. The van der Waals surface area contributed by atoms with E-state index in [4.69, 9.17) is 0 Å². The van der Waals surface area contributed by atoms with E-state index in [1.165, 1.54) is 6.33 Å². The molecule has 1 aromatic heterocycles. The van der Waals surface area contributed by atoms with Gasteiger partial charge in [-0.3, -0.25) is 4.79 Å². The lowest BCUT2D eigenvalue weighted by Gasteiger charge is -2.38. The van der Waals surface area contributed by atoms with Gasteiger partial charge in [-0.2, -0.15) is 0 Å². The van der Waals surface area contributed by atoms with E-state index in [1.54, 1.807) is 18.7 Å². The van der Waals surface area contributed by atoms with E-state index in [9.17, 15) is 9.90 Å². The third-order valence-electron chi connectivity index (χ3n) is 3.37. The summed E-state index contributed by atoms with van der Waals surface area (Å²) < 4.78 is 0. The van der Waals surface area contributed by atoms with Gasteiger partial charge in [0.15, 0.2) is 0 Å². The van der Waals surface area contributed by atoms with E-state index >= 15 is 0 Å². The number of nitrogens with zero attached hydrogens (tertiary/aromatic N) is 3. The van der Waals surface area contributed by atoms with Crippen LogP contribution >= 0.6 is 11.8 Å². The number of hydrogen-bond donors (Lipinski definition) is 1. The summed E-state index contributed by atoms with van der Waals surface area (Å²) in [4.78, 5) is 21.7. The Kier molecular flexibility index (Phi) is 3.75. The highest BCUT2D eigenvalue weighted by Gasteiger charge is 2.38. The van der Waals surface area contributed by atoms with Crippen molar-refractivity contribution >= 4 is 23.5 Å². The van der Waals surface area contributed by atoms with Crippen LogP contribution in [0.2, 0.25) is 0 Å². The molecule has 0 aromatic carbocycles. The summed E-state index contributed by atoms with van der Waals surface area (Å²) in [6.07, 6.45) is 5.10. The van der Waals surface area contributed by atoms with Gasteiger partial charge in [-0.05, 0) is 26.0 Å². The van der Waals surface area contributed by atoms with Gasteiger partial charge in [-0.25, -0.2) is 9.97 Å². The molecule has 1 fully saturated rings. The lowest BCUT2D eigenvalue weighted by Crippen LogP contribution is -2.46. The number of aliphatic carboxylic acids is 1. The smallest absolute Gasteiger partial charge is 0.311 e. The Bertz CT molecular complexity index is 455. The molecule has 1 atom stereocenters. The average Bonchev–Trinajstić information content (AvgIpc) is 2.39. The molecule has 5 nitrogen and oxygen atoms in total. The maximum atomic E-state index is 11.3. The van der Waals surface area contributed by atoms with Crippen molar-refractivity contribution in [1.82, 2.24) is 9.97 Å². The van der Waals surface area contributed by atoms with Crippen LogP contribution in [0.4, 0.5) is 5.82 Å². The number of hydrogen-bond acceptors (Lipinski definition) is 5. The van der Waals surface area contributed by atoms with Gasteiger partial charge in [0, 0.05) is 19.2 Å². The molecule has 1 saturated heterocycles. The van der Waals surface area contributed by atoms with Crippen LogP contribution in [-0.2, 0) is 4.79 Å². The van der Waals surface area contributed by atoms with Gasteiger partial charge in [-0.15, -0.1) is 11.8 Å². The SMILES string of the molecule is CSc1cc(N2CCCC(C)(C(=O)O)C2)ncn1. The lowest BCUT2D eigenvalue weighted by atomic mass is 9.82. The molecule has 1 N–H and O–H groups in total. The standard InChI is InChI=1S/C12H17N3O2S/c1-12(11(16)17)4-3-5-15(7-12)9-6-10(18-2)14-8-13-9/h6,8H,3-5,7H2,1-2H3,(H,16,17). The molecule has 2 rings (SSSR count). The molecule has 1 aliphatic rings. The number of rotatable bonds is 3. The Balaban J connectivity index is 2.20. The van der Waals surface area contributed by atoms with Crippen LogP contribution in [0.1, 0.15) is 19.8 Å². The Labute approximate surface area is 111 Å². The molecule has 6 heteroatoms. The zero-order valence-electron chi connectivity index (χ0n) is 10.6. The number of anilines is 1. The summed E-state index contributed by atoms with van der Waals surface area (Å²) in [6.45, 7) is 3.17. The molecular formula is C12H17N3O2S. The van der Waals surface area contributed by atoms with E-state index in [2.05, 4.69) is 9.97 Å². The summed E-state index contributed by atoms with van der Waals surface area (Å²) in [6, 6.07) is 1.91. The fraction of sp³-hybridized carbons (Fsp3) is 0.583. The predicted octanol–water partition coefficient (Wildman–Crippen LogP) is 1.89. The van der Waals surface area contributed by atoms with Crippen molar-refractivity contribution in [1.29, 1.82) is 0 Å². The first-order valence-corrected chi connectivity index (χ1v) is 7.12. The largest absolute Gasteiger partial charge is 0.481 e. The molecular weight excluding hydrogens is 250 g/mol. The summed E-state index contributed by atoms with van der Waals surface area (Å²) in [5.74, 6) is 0.0906. The molecule has 0 radical (unpaired) electrons. The number of aromatic nitrogens is 2. The summed E-state index contributed by atoms with van der Waals surface area (Å²) in [7, 11) is 0. The zero-order valence-corrected chi connectivity index (χ0v) is 11.4. The quantitative estimate of drug-likeness (QED) is 0.666. The van der Waals surface area contributed by atoms with Gasteiger partial charge in [0.2, 0.25) is 0 Å². The highest BCUT2D eigenvalue weighted by atomic mass is 32.2. The van der Waals surface area contributed by atoms with Gasteiger partial charge in [0.25, 0.3) is 0 Å². The van der Waals surface area contributed by atoms with Crippen LogP contribution in [-0.4, -0.2) is 40.4 Å². The molecule has 0 amide bonds. The number of thioether (sulfide) groups is 1. The minimum atomic E-state index is -0.730. The molecule has 0 bridgehead atoms. The third kappa shape index (κ3) is 2.58. The highest BCUT2D eigenvalue weighted by Crippen LogP contribution is 2.32. The van der Waals surface area contributed by atoms with E-state index in [1.807, 2.05) is 17.2 Å². The minimum Gasteiger partial charge on any atom is -0.481 e. The highest BCUT2D eigenvalue weighted by molar-refractivity contribution is 7.98. The first-order valence-electron chi connectivity index (χ1n) is 5.89. The molecule has 18 heavy (non-hydrogen) atoms. The Morgan fingerprint density at radius 1 is 1.56 bits per heavy atom. The summed E-state index contributed by atoms with van der Waals surface area (Å²) >= 11 is 1.56. The van der Waals surface area contributed by atoms with Gasteiger partial charge in [0.1, 0.15) is 17.2 Å². The molecule has 0 spiro atoms. The Morgan fingerprint density at radius 3 is 3.00 bits per heavy atom. The van der Waals surface area contributed by atoms with Crippen LogP contribution in [0.3, 0.4) is 0 Å². The molecule has 1 aliphatic heterocycles. The van der Waals surface area contributed by atoms with Crippen molar-refractivity contribution in [3.8, 4) is 0 Å². The second kappa shape index (κ2) is 5.14. The zero-order chi connectivity index (χ0) is 13.2. The fourth-order valence-electron chi connectivity index (χ4n) is 2.22. The molecule has 0 aliphatic carbocycles. The van der Waals surface area contributed by atoms with Crippen molar-refractivity contribution in [2.75, 3.05) is 24.2 Å². The van der Waals surface area contributed by atoms with E-state index in [-0.39, 0.29) is 0 Å².